The molecule has 0 saturated carbocycles. The molecule has 3 nitrogen and oxygen atoms in total. The quantitative estimate of drug-likeness (QED) is 0.898. The first-order valence-corrected chi connectivity index (χ1v) is 5.17. The van der Waals surface area contributed by atoms with E-state index >= 15 is 0 Å². The summed E-state index contributed by atoms with van der Waals surface area (Å²) in [5, 5.41) is 0.498. The molecule has 2 rings (SSSR count). The van der Waals surface area contributed by atoms with Crippen molar-refractivity contribution in [3.8, 4) is 0 Å². The van der Waals surface area contributed by atoms with Crippen LogP contribution in [0, 0.1) is 0 Å². The molecule has 1 aromatic carbocycles. The lowest BCUT2D eigenvalue weighted by atomic mass is 10.1. The van der Waals surface area contributed by atoms with E-state index in [-0.39, 0.29) is 17.8 Å². The van der Waals surface area contributed by atoms with Gasteiger partial charge in [0.15, 0.2) is 0 Å². The lowest BCUT2D eigenvalue weighted by Crippen LogP contribution is -2.10. The summed E-state index contributed by atoms with van der Waals surface area (Å²) >= 11 is 0. The van der Waals surface area contributed by atoms with Crippen LogP contribution in [-0.2, 0) is 17.5 Å². The second kappa shape index (κ2) is 4.45. The van der Waals surface area contributed by atoms with Crippen LogP contribution in [0.25, 0.3) is 10.9 Å². The highest BCUT2D eigenvalue weighted by atomic mass is 19.4. The van der Waals surface area contributed by atoms with Crippen molar-refractivity contribution in [1.29, 1.82) is 0 Å². The number of pyridine rings is 1. The van der Waals surface area contributed by atoms with Gasteiger partial charge in [-0.2, -0.15) is 13.2 Å². The molecule has 0 atom stereocenters. The van der Waals surface area contributed by atoms with Crippen LogP contribution in [0.4, 0.5) is 18.9 Å². The van der Waals surface area contributed by atoms with E-state index in [4.69, 9.17) is 10.5 Å². The zero-order valence-electron chi connectivity index (χ0n) is 9.58. The molecule has 0 bridgehead atoms. The minimum absolute atomic E-state index is 0.0604. The van der Waals surface area contributed by atoms with Gasteiger partial charge in [0.25, 0.3) is 0 Å². The lowest BCUT2D eigenvalue weighted by Gasteiger charge is -2.11. The summed E-state index contributed by atoms with van der Waals surface area (Å²) in [6.07, 6.45) is -4.51. The van der Waals surface area contributed by atoms with Gasteiger partial charge in [0.05, 0.1) is 12.1 Å². The Hall–Kier alpha value is -1.82. The Balaban J connectivity index is 2.72. The summed E-state index contributed by atoms with van der Waals surface area (Å²) in [4.78, 5) is 3.64. The van der Waals surface area contributed by atoms with Crippen LogP contribution in [0.2, 0.25) is 0 Å². The van der Waals surface area contributed by atoms with Crippen molar-refractivity contribution in [3.63, 3.8) is 0 Å². The van der Waals surface area contributed by atoms with E-state index in [1.165, 1.54) is 7.11 Å². The standard InChI is InChI=1S/C12H11F3N2O/c1-18-6-7-3-2-4-8-9(16)5-10(12(13,14)15)17-11(7)8/h2-5H,6H2,1H3,(H2,16,17). The molecule has 0 aliphatic rings. The SMILES string of the molecule is COCc1cccc2c(N)cc(C(F)(F)F)nc12. The average molecular weight is 256 g/mol. The van der Waals surface area contributed by atoms with Crippen LogP contribution in [0.5, 0.6) is 0 Å². The number of fused-ring (bicyclic) bond motifs is 1. The van der Waals surface area contributed by atoms with E-state index in [9.17, 15) is 13.2 Å². The third-order valence-corrected chi connectivity index (χ3v) is 2.55. The number of aromatic nitrogens is 1. The third kappa shape index (κ3) is 2.24. The van der Waals surface area contributed by atoms with Gasteiger partial charge in [0.2, 0.25) is 0 Å². The van der Waals surface area contributed by atoms with E-state index in [0.29, 0.717) is 10.9 Å². The molecule has 0 aliphatic carbocycles. The molecule has 1 aromatic heterocycles. The molecule has 0 saturated heterocycles. The summed E-state index contributed by atoms with van der Waals surface area (Å²) in [6.45, 7) is 0.186. The Bertz CT molecular complexity index is 581. The maximum atomic E-state index is 12.7. The number of nitrogens with two attached hydrogens (primary N) is 1. The third-order valence-electron chi connectivity index (χ3n) is 2.55. The zero-order valence-corrected chi connectivity index (χ0v) is 9.58. The minimum atomic E-state index is -4.51. The largest absolute Gasteiger partial charge is 0.433 e. The molecule has 0 amide bonds. The topological polar surface area (TPSA) is 48.1 Å². The summed E-state index contributed by atoms with van der Waals surface area (Å²) in [5.74, 6) is 0. The molecule has 2 aromatic rings. The van der Waals surface area contributed by atoms with Crippen LogP contribution in [0.1, 0.15) is 11.3 Å². The number of para-hydroxylation sites is 1. The Morgan fingerprint density at radius 1 is 1.33 bits per heavy atom. The molecule has 1 heterocycles. The number of benzene rings is 1. The molecule has 96 valence electrons. The van der Waals surface area contributed by atoms with Crippen LogP contribution < -0.4 is 5.73 Å². The molecular formula is C12H11F3N2O. The minimum Gasteiger partial charge on any atom is -0.398 e. The number of hydrogen-bond donors (Lipinski definition) is 1. The molecule has 0 fully saturated rings. The van der Waals surface area contributed by atoms with E-state index in [0.717, 1.165) is 6.07 Å². The highest BCUT2D eigenvalue weighted by molar-refractivity contribution is 5.92. The van der Waals surface area contributed by atoms with Gasteiger partial charge in [-0.25, -0.2) is 4.98 Å². The number of alkyl halides is 3. The Morgan fingerprint density at radius 3 is 2.67 bits per heavy atom. The van der Waals surface area contributed by atoms with Crippen LogP contribution in [0.15, 0.2) is 24.3 Å². The number of nitrogens with zero attached hydrogens (tertiary/aromatic N) is 1. The van der Waals surface area contributed by atoms with E-state index in [2.05, 4.69) is 4.98 Å². The molecule has 2 N–H and O–H groups in total. The van der Waals surface area contributed by atoms with Gasteiger partial charge in [-0.15, -0.1) is 0 Å². The summed E-state index contributed by atoms with van der Waals surface area (Å²) in [7, 11) is 1.47. The van der Waals surface area contributed by atoms with Crippen LogP contribution in [-0.4, -0.2) is 12.1 Å². The van der Waals surface area contributed by atoms with E-state index < -0.39 is 11.9 Å². The van der Waals surface area contributed by atoms with Gasteiger partial charge in [0, 0.05) is 23.7 Å². The van der Waals surface area contributed by atoms with Gasteiger partial charge in [-0.3, -0.25) is 0 Å². The number of anilines is 1. The fraction of sp³-hybridized carbons (Fsp3) is 0.250. The molecule has 0 radical (unpaired) electrons. The number of nitrogen functional groups attached to an aromatic ring is 1. The van der Waals surface area contributed by atoms with Gasteiger partial charge in [0.1, 0.15) is 5.69 Å². The van der Waals surface area contributed by atoms with Gasteiger partial charge in [-0.1, -0.05) is 18.2 Å². The Morgan fingerprint density at radius 2 is 2.06 bits per heavy atom. The summed E-state index contributed by atoms with van der Waals surface area (Å²) in [5.41, 5.74) is 5.51. The zero-order chi connectivity index (χ0) is 13.3. The van der Waals surface area contributed by atoms with Crippen molar-refractivity contribution in [2.75, 3.05) is 12.8 Å². The smallest absolute Gasteiger partial charge is 0.398 e. The maximum Gasteiger partial charge on any atom is 0.433 e. The van der Waals surface area contributed by atoms with Crippen molar-refractivity contribution in [2.45, 2.75) is 12.8 Å². The predicted molar refractivity (Wildman–Crippen MR) is 61.9 cm³/mol. The van der Waals surface area contributed by atoms with Gasteiger partial charge < -0.3 is 10.5 Å². The summed E-state index contributed by atoms with van der Waals surface area (Å²) < 4.78 is 42.9. The molecule has 0 aliphatic heterocycles. The van der Waals surface area contributed by atoms with Gasteiger partial charge in [-0.05, 0) is 6.07 Å². The highest BCUT2D eigenvalue weighted by Gasteiger charge is 2.33. The lowest BCUT2D eigenvalue weighted by molar-refractivity contribution is -0.140. The van der Waals surface area contributed by atoms with Gasteiger partial charge >= 0.3 is 6.18 Å². The first-order chi connectivity index (χ1) is 8.43. The van der Waals surface area contributed by atoms with Crippen LogP contribution >= 0.6 is 0 Å². The normalized spacial score (nSPS) is 12.0. The second-order valence-corrected chi connectivity index (χ2v) is 3.84. The van der Waals surface area contributed by atoms with E-state index in [1.54, 1.807) is 18.2 Å². The van der Waals surface area contributed by atoms with Crippen molar-refractivity contribution in [3.05, 3.63) is 35.5 Å². The van der Waals surface area contributed by atoms with Crippen molar-refractivity contribution >= 4 is 16.6 Å². The number of ether oxygens (including phenoxy) is 1. The fourth-order valence-corrected chi connectivity index (χ4v) is 1.75. The predicted octanol–water partition coefficient (Wildman–Crippen LogP) is 2.98. The molecule has 0 spiro atoms. The number of hydrogen-bond acceptors (Lipinski definition) is 3. The molecule has 6 heteroatoms. The monoisotopic (exact) mass is 256 g/mol. The molecule has 18 heavy (non-hydrogen) atoms. The molecular weight excluding hydrogens is 245 g/mol. The number of halogens is 3. The van der Waals surface area contributed by atoms with Crippen molar-refractivity contribution < 1.29 is 17.9 Å². The molecule has 0 unspecified atom stereocenters. The number of methoxy groups -OCH3 is 1. The van der Waals surface area contributed by atoms with Crippen molar-refractivity contribution in [2.24, 2.45) is 0 Å². The maximum absolute atomic E-state index is 12.7. The Kier molecular flexibility index (Phi) is 3.13. The van der Waals surface area contributed by atoms with Crippen molar-refractivity contribution in [1.82, 2.24) is 4.98 Å². The Labute approximate surface area is 101 Å². The van der Waals surface area contributed by atoms with Crippen LogP contribution in [0.3, 0.4) is 0 Å². The average Bonchev–Trinajstić information content (AvgIpc) is 2.29. The first-order valence-electron chi connectivity index (χ1n) is 5.17. The second-order valence-electron chi connectivity index (χ2n) is 3.84. The van der Waals surface area contributed by atoms with E-state index in [1.807, 2.05) is 0 Å². The summed E-state index contributed by atoms with van der Waals surface area (Å²) in [6, 6.07) is 5.86. The first kappa shape index (κ1) is 12.6. The number of rotatable bonds is 2. The fourth-order valence-electron chi connectivity index (χ4n) is 1.75. The highest BCUT2D eigenvalue weighted by Crippen LogP contribution is 2.32.